The number of hydrogen-bond acceptors (Lipinski definition) is 3. The van der Waals surface area contributed by atoms with E-state index in [1.54, 1.807) is 12.3 Å². The Kier molecular flexibility index (Phi) is 7.05. The SMILES string of the molecule is CCCCCN(C(=O)c1ccnc(NCC)c1)C(C)C. The Bertz CT molecular complexity index is 418. The lowest BCUT2D eigenvalue weighted by atomic mass is 10.1. The number of aromatic nitrogens is 1. The van der Waals surface area contributed by atoms with Gasteiger partial charge >= 0.3 is 0 Å². The first-order chi connectivity index (χ1) is 9.60. The van der Waals surface area contributed by atoms with Gasteiger partial charge in [0.2, 0.25) is 0 Å². The maximum Gasteiger partial charge on any atom is 0.254 e. The number of nitrogens with one attached hydrogen (secondary N) is 1. The number of amides is 1. The maximum absolute atomic E-state index is 12.6. The van der Waals surface area contributed by atoms with Gasteiger partial charge in [-0.3, -0.25) is 4.79 Å². The summed E-state index contributed by atoms with van der Waals surface area (Å²) in [5.74, 6) is 0.855. The molecule has 0 aliphatic carbocycles. The van der Waals surface area contributed by atoms with Crippen LogP contribution in [-0.4, -0.2) is 34.9 Å². The highest BCUT2D eigenvalue weighted by Crippen LogP contribution is 2.13. The molecule has 1 amide bonds. The van der Waals surface area contributed by atoms with Gasteiger partial charge in [-0.2, -0.15) is 0 Å². The van der Waals surface area contributed by atoms with Gasteiger partial charge in [-0.05, 0) is 39.3 Å². The summed E-state index contributed by atoms with van der Waals surface area (Å²) in [6.45, 7) is 9.94. The number of rotatable bonds is 8. The van der Waals surface area contributed by atoms with Gasteiger partial charge in [-0.25, -0.2) is 4.98 Å². The van der Waals surface area contributed by atoms with Gasteiger partial charge in [0.15, 0.2) is 0 Å². The van der Waals surface area contributed by atoms with Crippen molar-refractivity contribution in [1.82, 2.24) is 9.88 Å². The van der Waals surface area contributed by atoms with Gasteiger partial charge in [0.05, 0.1) is 0 Å². The second kappa shape index (κ2) is 8.56. The van der Waals surface area contributed by atoms with Gasteiger partial charge in [0.25, 0.3) is 5.91 Å². The molecule has 4 nitrogen and oxygen atoms in total. The summed E-state index contributed by atoms with van der Waals surface area (Å²) < 4.78 is 0. The lowest BCUT2D eigenvalue weighted by molar-refractivity contribution is 0.0702. The van der Waals surface area contributed by atoms with Gasteiger partial charge in [-0.1, -0.05) is 19.8 Å². The third-order valence-corrected chi connectivity index (χ3v) is 3.25. The molecule has 1 rings (SSSR count). The molecule has 0 atom stereocenters. The number of anilines is 1. The summed E-state index contributed by atoms with van der Waals surface area (Å²) in [4.78, 5) is 18.8. The average molecular weight is 277 g/mol. The third kappa shape index (κ3) is 4.83. The molecule has 1 aromatic heterocycles. The van der Waals surface area contributed by atoms with Crippen LogP contribution < -0.4 is 5.32 Å². The van der Waals surface area contributed by atoms with Crippen LogP contribution in [0.4, 0.5) is 5.82 Å². The van der Waals surface area contributed by atoms with Gasteiger partial charge in [-0.15, -0.1) is 0 Å². The summed E-state index contributed by atoms with van der Waals surface area (Å²) in [5, 5.41) is 3.14. The van der Waals surface area contributed by atoms with Crippen molar-refractivity contribution >= 4 is 11.7 Å². The molecular weight excluding hydrogens is 250 g/mol. The minimum atomic E-state index is 0.0951. The Hall–Kier alpha value is -1.58. The second-order valence-corrected chi connectivity index (χ2v) is 5.26. The molecule has 0 aromatic carbocycles. The zero-order valence-electron chi connectivity index (χ0n) is 13.1. The molecule has 4 heteroatoms. The third-order valence-electron chi connectivity index (χ3n) is 3.25. The molecule has 112 valence electrons. The predicted octanol–water partition coefficient (Wildman–Crippen LogP) is 3.55. The average Bonchev–Trinajstić information content (AvgIpc) is 2.43. The fraction of sp³-hybridized carbons (Fsp3) is 0.625. The van der Waals surface area contributed by atoms with Crippen molar-refractivity contribution in [3.05, 3.63) is 23.9 Å². The number of hydrogen-bond donors (Lipinski definition) is 1. The molecule has 0 saturated carbocycles. The Balaban J connectivity index is 2.80. The number of carbonyl (C=O) groups excluding carboxylic acids is 1. The highest BCUT2D eigenvalue weighted by atomic mass is 16.2. The van der Waals surface area contributed by atoms with Gasteiger partial charge < -0.3 is 10.2 Å². The summed E-state index contributed by atoms with van der Waals surface area (Å²) in [7, 11) is 0. The van der Waals surface area contributed by atoms with E-state index in [-0.39, 0.29) is 11.9 Å². The van der Waals surface area contributed by atoms with E-state index in [0.717, 1.165) is 31.7 Å². The van der Waals surface area contributed by atoms with Crippen molar-refractivity contribution in [2.75, 3.05) is 18.4 Å². The molecule has 1 heterocycles. The van der Waals surface area contributed by atoms with Gasteiger partial charge in [0.1, 0.15) is 5.82 Å². The quantitative estimate of drug-likeness (QED) is 0.739. The van der Waals surface area contributed by atoms with E-state index >= 15 is 0 Å². The normalized spacial score (nSPS) is 10.7. The minimum Gasteiger partial charge on any atom is -0.370 e. The Morgan fingerprint density at radius 2 is 2.10 bits per heavy atom. The van der Waals surface area contributed by atoms with E-state index in [4.69, 9.17) is 0 Å². The molecule has 0 spiro atoms. The van der Waals surface area contributed by atoms with Crippen molar-refractivity contribution < 1.29 is 4.79 Å². The summed E-state index contributed by atoms with van der Waals surface area (Å²) in [6, 6.07) is 3.84. The summed E-state index contributed by atoms with van der Waals surface area (Å²) in [5.41, 5.74) is 0.709. The minimum absolute atomic E-state index is 0.0951. The van der Waals surface area contributed by atoms with Crippen LogP contribution in [0.5, 0.6) is 0 Å². The van der Waals surface area contributed by atoms with Crippen LogP contribution in [0.1, 0.15) is 57.3 Å². The molecule has 0 saturated heterocycles. The van der Waals surface area contributed by atoms with E-state index < -0.39 is 0 Å². The van der Waals surface area contributed by atoms with E-state index in [1.165, 1.54) is 6.42 Å². The van der Waals surface area contributed by atoms with Gasteiger partial charge in [0, 0.05) is 30.9 Å². The smallest absolute Gasteiger partial charge is 0.254 e. The van der Waals surface area contributed by atoms with E-state index in [1.807, 2.05) is 17.9 Å². The first-order valence-electron chi connectivity index (χ1n) is 7.61. The van der Waals surface area contributed by atoms with E-state index in [9.17, 15) is 4.79 Å². The molecule has 1 aromatic rings. The molecule has 0 fully saturated rings. The second-order valence-electron chi connectivity index (χ2n) is 5.26. The molecule has 0 unspecified atom stereocenters. The molecule has 0 aliphatic heterocycles. The fourth-order valence-electron chi connectivity index (χ4n) is 2.13. The summed E-state index contributed by atoms with van der Waals surface area (Å²) in [6.07, 6.45) is 5.08. The number of nitrogens with zero attached hydrogens (tertiary/aromatic N) is 2. The van der Waals surface area contributed by atoms with Crippen LogP contribution in [0.3, 0.4) is 0 Å². The van der Waals surface area contributed by atoms with Crippen LogP contribution >= 0.6 is 0 Å². The zero-order chi connectivity index (χ0) is 15.0. The topological polar surface area (TPSA) is 45.2 Å². The highest BCUT2D eigenvalue weighted by molar-refractivity contribution is 5.95. The molecule has 20 heavy (non-hydrogen) atoms. The van der Waals surface area contributed by atoms with Crippen LogP contribution in [0.25, 0.3) is 0 Å². The number of carbonyl (C=O) groups is 1. The van der Waals surface area contributed by atoms with Crippen molar-refractivity contribution in [2.45, 2.75) is 53.0 Å². The first-order valence-corrected chi connectivity index (χ1v) is 7.61. The number of pyridine rings is 1. The first kappa shape index (κ1) is 16.5. The largest absolute Gasteiger partial charge is 0.370 e. The van der Waals surface area contributed by atoms with E-state index in [2.05, 4.69) is 31.1 Å². The van der Waals surface area contributed by atoms with Crippen molar-refractivity contribution in [2.24, 2.45) is 0 Å². The van der Waals surface area contributed by atoms with Crippen molar-refractivity contribution in [3.8, 4) is 0 Å². The molecule has 0 radical (unpaired) electrons. The maximum atomic E-state index is 12.6. The number of unbranched alkanes of at least 4 members (excludes halogenated alkanes) is 2. The fourth-order valence-corrected chi connectivity index (χ4v) is 2.13. The van der Waals surface area contributed by atoms with E-state index in [0.29, 0.717) is 5.56 Å². The lowest BCUT2D eigenvalue weighted by Gasteiger charge is -2.27. The van der Waals surface area contributed by atoms with Crippen LogP contribution in [0.2, 0.25) is 0 Å². The molecule has 0 bridgehead atoms. The zero-order valence-corrected chi connectivity index (χ0v) is 13.1. The van der Waals surface area contributed by atoms with Crippen molar-refractivity contribution in [1.29, 1.82) is 0 Å². The molecule has 1 N–H and O–H groups in total. The Morgan fingerprint density at radius 1 is 1.35 bits per heavy atom. The van der Waals surface area contributed by atoms with Crippen molar-refractivity contribution in [3.63, 3.8) is 0 Å². The van der Waals surface area contributed by atoms with Crippen LogP contribution in [0.15, 0.2) is 18.3 Å². The monoisotopic (exact) mass is 277 g/mol. The van der Waals surface area contributed by atoms with Crippen LogP contribution in [0, 0.1) is 0 Å². The summed E-state index contributed by atoms with van der Waals surface area (Å²) >= 11 is 0. The lowest BCUT2D eigenvalue weighted by Crippen LogP contribution is -2.37. The predicted molar refractivity (Wildman–Crippen MR) is 84.1 cm³/mol. The molecular formula is C16H27N3O. The Labute approximate surface area is 122 Å². The van der Waals surface area contributed by atoms with Crippen LogP contribution in [-0.2, 0) is 0 Å². The Morgan fingerprint density at radius 3 is 2.70 bits per heavy atom. The molecule has 0 aliphatic rings. The standard InChI is InChI=1S/C16H27N3O/c1-5-7-8-11-19(13(3)4)16(20)14-9-10-18-15(12-14)17-6-2/h9-10,12-13H,5-8,11H2,1-4H3,(H,17,18). The highest BCUT2D eigenvalue weighted by Gasteiger charge is 2.18.